The summed E-state index contributed by atoms with van der Waals surface area (Å²) in [6, 6.07) is 14.1. The van der Waals surface area contributed by atoms with E-state index in [0.29, 0.717) is 11.6 Å². The largest absolute Gasteiger partial charge is 0.499 e. The average molecular weight is 582 g/mol. The highest BCUT2D eigenvalue weighted by Gasteiger charge is 2.61. The van der Waals surface area contributed by atoms with Crippen LogP contribution in [0.2, 0.25) is 0 Å². The summed E-state index contributed by atoms with van der Waals surface area (Å²) in [5.74, 6) is -2.74. The minimum atomic E-state index is -6.09. The molecule has 4 rings (SSSR count). The summed E-state index contributed by atoms with van der Waals surface area (Å²) in [6.07, 6.45) is -11.7. The Bertz CT molecular complexity index is 1450. The lowest BCUT2D eigenvalue weighted by molar-refractivity contribution is -0.360. The van der Waals surface area contributed by atoms with Crippen LogP contribution in [0.1, 0.15) is 22.5 Å². The maximum atomic E-state index is 14.8. The molecule has 0 aliphatic carbocycles. The predicted molar refractivity (Wildman–Crippen MR) is 130 cm³/mol. The number of rotatable bonds is 10. The van der Waals surface area contributed by atoms with E-state index < -0.39 is 41.2 Å². The van der Waals surface area contributed by atoms with Crippen LogP contribution in [-0.4, -0.2) is 45.5 Å². The zero-order chi connectivity index (χ0) is 29.7. The zero-order valence-electron chi connectivity index (χ0n) is 20.9. The summed E-state index contributed by atoms with van der Waals surface area (Å²) >= 11 is 0. The summed E-state index contributed by atoms with van der Waals surface area (Å²) in [5, 5.41) is 18.4. The van der Waals surface area contributed by atoms with Gasteiger partial charge in [-0.2, -0.15) is 27.2 Å². The molecule has 1 heterocycles. The number of H-pyrrole nitrogens is 1. The van der Waals surface area contributed by atoms with Crippen LogP contribution >= 0.6 is 0 Å². The fourth-order valence-electron chi connectivity index (χ4n) is 4.08. The first-order valence-corrected chi connectivity index (χ1v) is 11.9. The maximum Gasteiger partial charge on any atom is 0.499 e. The van der Waals surface area contributed by atoms with E-state index in [-0.39, 0.29) is 36.3 Å². The molecular weight excluding hydrogens is 561 g/mol. The molecule has 41 heavy (non-hydrogen) atoms. The summed E-state index contributed by atoms with van der Waals surface area (Å²) in [5.41, 5.74) is -1.36. The first-order chi connectivity index (χ1) is 19.4. The van der Waals surface area contributed by atoms with Crippen LogP contribution in [0.25, 0.3) is 0 Å². The van der Waals surface area contributed by atoms with Gasteiger partial charge in [0, 0.05) is 25.5 Å². The van der Waals surface area contributed by atoms with Crippen LogP contribution in [-0.2, 0) is 18.4 Å². The number of amides is 2. The Hall–Kier alpha value is -4.69. The molecule has 0 radical (unpaired) electrons. The van der Waals surface area contributed by atoms with Gasteiger partial charge in [0.25, 0.3) is 0 Å². The highest BCUT2D eigenvalue weighted by molar-refractivity contribution is 5.76. The fourth-order valence-corrected chi connectivity index (χ4v) is 4.08. The summed E-state index contributed by atoms with van der Waals surface area (Å²) < 4.78 is 98.7. The molecule has 15 heteroatoms. The van der Waals surface area contributed by atoms with Gasteiger partial charge in [-0.15, -0.1) is 10.2 Å². The smallest absolute Gasteiger partial charge is 0.426 e. The lowest BCUT2D eigenvalue weighted by atomic mass is 9.77. The van der Waals surface area contributed by atoms with E-state index in [2.05, 4.69) is 36.0 Å². The van der Waals surface area contributed by atoms with Crippen molar-refractivity contribution >= 4 is 6.03 Å². The van der Waals surface area contributed by atoms with Crippen molar-refractivity contribution in [2.45, 2.75) is 30.7 Å². The molecule has 0 aliphatic rings. The second-order valence-electron chi connectivity index (χ2n) is 8.83. The number of benzene rings is 3. The lowest BCUT2D eigenvalue weighted by Crippen LogP contribution is -2.52. The third-order valence-corrected chi connectivity index (χ3v) is 5.94. The summed E-state index contributed by atoms with van der Waals surface area (Å²) in [6.45, 7) is 0.00547. The molecule has 1 atom stereocenters. The van der Waals surface area contributed by atoms with Gasteiger partial charge in [0.15, 0.2) is 5.82 Å². The van der Waals surface area contributed by atoms with Gasteiger partial charge in [-0.25, -0.2) is 13.6 Å². The van der Waals surface area contributed by atoms with Crippen LogP contribution < -0.4 is 15.4 Å². The second kappa shape index (κ2) is 11.8. The van der Waals surface area contributed by atoms with Crippen LogP contribution in [0.4, 0.5) is 35.5 Å². The topological polar surface area (TPSA) is 105 Å². The van der Waals surface area contributed by atoms with E-state index in [4.69, 9.17) is 0 Å². The van der Waals surface area contributed by atoms with Crippen molar-refractivity contribution in [3.05, 3.63) is 107 Å². The number of aromatic nitrogens is 4. The zero-order valence-corrected chi connectivity index (χ0v) is 20.9. The molecule has 8 nitrogen and oxygen atoms in total. The standard InChI is InChI=1S/C26H21F7N6O2/c27-19-8-6-17(7-9-19)24(15-16-4-2-1-3-5-16,35-23(40)34-11-10-22-36-38-39-37-22)18-12-20(28)14-21(13-18)41-26(32,33)25(29,30)31/h1-9,12-14H,10-11,15H2,(H2,34,35,40)(H,36,37,38,39)/t24-/m1/s1. The summed E-state index contributed by atoms with van der Waals surface area (Å²) in [7, 11) is 0. The molecule has 0 unspecified atom stereocenters. The van der Waals surface area contributed by atoms with E-state index in [0.717, 1.165) is 24.3 Å². The van der Waals surface area contributed by atoms with E-state index in [1.54, 1.807) is 30.3 Å². The highest BCUT2D eigenvalue weighted by atomic mass is 19.4. The molecule has 0 bridgehead atoms. The van der Waals surface area contributed by atoms with Crippen molar-refractivity contribution < 1.29 is 40.3 Å². The van der Waals surface area contributed by atoms with E-state index >= 15 is 0 Å². The number of carbonyl (C=O) groups excluding carboxylic acids is 1. The van der Waals surface area contributed by atoms with Crippen molar-refractivity contribution in [1.29, 1.82) is 0 Å². The molecule has 0 fully saturated rings. The molecule has 0 aliphatic heterocycles. The maximum absolute atomic E-state index is 14.8. The molecule has 2 amide bonds. The van der Waals surface area contributed by atoms with Crippen LogP contribution in [0.3, 0.4) is 0 Å². The third-order valence-electron chi connectivity index (χ3n) is 5.94. The number of hydrogen-bond donors (Lipinski definition) is 3. The van der Waals surface area contributed by atoms with Gasteiger partial charge in [0.05, 0.1) is 5.54 Å². The van der Waals surface area contributed by atoms with Gasteiger partial charge in [-0.3, -0.25) is 0 Å². The number of ether oxygens (including phenoxy) is 1. The van der Waals surface area contributed by atoms with Crippen LogP contribution in [0.5, 0.6) is 5.75 Å². The normalized spacial score (nSPS) is 13.3. The van der Waals surface area contributed by atoms with Gasteiger partial charge in [0.1, 0.15) is 17.4 Å². The molecule has 3 aromatic carbocycles. The van der Waals surface area contributed by atoms with Crippen molar-refractivity contribution in [3.8, 4) is 5.75 Å². The average Bonchev–Trinajstić information content (AvgIpc) is 3.41. The number of tetrazole rings is 1. The van der Waals surface area contributed by atoms with Gasteiger partial charge in [-0.05, 0) is 41.0 Å². The number of hydrogen-bond acceptors (Lipinski definition) is 5. The Balaban J connectivity index is 1.80. The molecule has 0 saturated heterocycles. The van der Waals surface area contributed by atoms with E-state index in [9.17, 15) is 35.5 Å². The highest BCUT2D eigenvalue weighted by Crippen LogP contribution is 2.40. The Labute approximate surface area is 227 Å². The number of carbonyl (C=O) groups is 1. The number of urea groups is 1. The second-order valence-corrected chi connectivity index (χ2v) is 8.83. The molecular formula is C26H21F7N6O2. The number of nitrogens with one attached hydrogen (secondary N) is 3. The fraction of sp³-hybridized carbons (Fsp3) is 0.231. The molecule has 0 saturated carbocycles. The van der Waals surface area contributed by atoms with Crippen molar-refractivity contribution in [3.63, 3.8) is 0 Å². The van der Waals surface area contributed by atoms with E-state index in [1.165, 1.54) is 12.1 Å². The van der Waals surface area contributed by atoms with Crippen molar-refractivity contribution in [1.82, 2.24) is 31.3 Å². The van der Waals surface area contributed by atoms with Gasteiger partial charge >= 0.3 is 18.3 Å². The Morgan fingerprint density at radius 2 is 1.59 bits per heavy atom. The summed E-state index contributed by atoms with van der Waals surface area (Å²) in [4.78, 5) is 13.2. The lowest BCUT2D eigenvalue weighted by Gasteiger charge is -2.37. The monoisotopic (exact) mass is 582 g/mol. The Morgan fingerprint density at radius 1 is 0.878 bits per heavy atom. The minimum absolute atomic E-state index is 0.00547. The first kappa shape index (κ1) is 29.3. The van der Waals surface area contributed by atoms with Gasteiger partial charge < -0.3 is 15.4 Å². The SMILES string of the molecule is O=C(NCCc1nn[nH]n1)N[C@](Cc1ccccc1)(c1ccc(F)cc1)c1cc(F)cc(OC(F)(F)C(F)(F)F)c1. The first-order valence-electron chi connectivity index (χ1n) is 11.9. The Morgan fingerprint density at radius 3 is 2.22 bits per heavy atom. The van der Waals surface area contributed by atoms with Crippen molar-refractivity contribution in [2.75, 3.05) is 6.54 Å². The molecule has 216 valence electrons. The third kappa shape index (κ3) is 7.10. The predicted octanol–water partition coefficient (Wildman–Crippen LogP) is 5.04. The molecule has 1 aromatic heterocycles. The number of halogens is 7. The van der Waals surface area contributed by atoms with Crippen LogP contribution in [0, 0.1) is 11.6 Å². The molecule has 0 spiro atoms. The van der Waals surface area contributed by atoms with Gasteiger partial charge in [0.2, 0.25) is 0 Å². The van der Waals surface area contributed by atoms with Gasteiger partial charge in [-0.1, -0.05) is 47.7 Å². The minimum Gasteiger partial charge on any atom is -0.426 e. The number of aromatic amines is 1. The Kier molecular flexibility index (Phi) is 8.44. The molecule has 4 aromatic rings. The number of alkyl halides is 5. The van der Waals surface area contributed by atoms with E-state index in [1.807, 2.05) is 0 Å². The van der Waals surface area contributed by atoms with Crippen molar-refractivity contribution in [2.24, 2.45) is 0 Å². The number of nitrogens with zero attached hydrogens (tertiary/aromatic N) is 3. The quantitative estimate of drug-likeness (QED) is 0.228. The molecule has 3 N–H and O–H groups in total. The van der Waals surface area contributed by atoms with Crippen LogP contribution in [0.15, 0.2) is 72.8 Å².